The Hall–Kier alpha value is -1.63. The van der Waals surface area contributed by atoms with E-state index in [1.165, 1.54) is 17.0 Å². The molecule has 1 aliphatic heterocycles. The monoisotopic (exact) mass is 330 g/mol. The lowest BCUT2D eigenvalue weighted by atomic mass is 10.2. The van der Waals surface area contributed by atoms with Crippen molar-refractivity contribution in [3.8, 4) is 0 Å². The van der Waals surface area contributed by atoms with Gasteiger partial charge in [-0.3, -0.25) is 0 Å². The maximum atomic E-state index is 13.6. The van der Waals surface area contributed by atoms with Crippen molar-refractivity contribution in [3.63, 3.8) is 0 Å². The van der Waals surface area contributed by atoms with E-state index >= 15 is 0 Å². The average Bonchev–Trinajstić information content (AvgIpc) is 2.83. The molecule has 7 heteroatoms. The number of hydrogen-bond acceptors (Lipinski definition) is 2. The SMILES string of the molecule is O=C(O)C1CCCN1C(=O)Nc1c(F)cccc1Br. The van der Waals surface area contributed by atoms with Gasteiger partial charge in [0, 0.05) is 11.0 Å². The van der Waals surface area contributed by atoms with Crippen molar-refractivity contribution in [2.45, 2.75) is 18.9 Å². The smallest absolute Gasteiger partial charge is 0.326 e. The highest BCUT2D eigenvalue weighted by molar-refractivity contribution is 9.10. The molecule has 102 valence electrons. The molecule has 2 rings (SSSR count). The van der Waals surface area contributed by atoms with Crippen LogP contribution in [0.25, 0.3) is 0 Å². The second-order valence-electron chi connectivity index (χ2n) is 4.22. The number of likely N-dealkylation sites (tertiary alicyclic amines) is 1. The normalized spacial score (nSPS) is 18.4. The first kappa shape index (κ1) is 13.8. The molecule has 0 spiro atoms. The van der Waals surface area contributed by atoms with Crippen molar-refractivity contribution in [1.82, 2.24) is 4.90 Å². The Labute approximate surface area is 117 Å². The summed E-state index contributed by atoms with van der Waals surface area (Å²) < 4.78 is 14.0. The van der Waals surface area contributed by atoms with Crippen LogP contribution in [0.2, 0.25) is 0 Å². The molecule has 0 bridgehead atoms. The van der Waals surface area contributed by atoms with Gasteiger partial charge in [-0.25, -0.2) is 14.0 Å². The number of nitrogens with one attached hydrogen (secondary N) is 1. The first-order valence-electron chi connectivity index (χ1n) is 5.75. The lowest BCUT2D eigenvalue weighted by molar-refractivity contribution is -0.141. The molecule has 2 N–H and O–H groups in total. The van der Waals surface area contributed by atoms with Crippen LogP contribution in [-0.4, -0.2) is 34.6 Å². The van der Waals surface area contributed by atoms with E-state index in [-0.39, 0.29) is 5.69 Å². The summed E-state index contributed by atoms with van der Waals surface area (Å²) in [5.41, 5.74) is 0.0172. The number of anilines is 1. The van der Waals surface area contributed by atoms with Crippen LogP contribution in [0.3, 0.4) is 0 Å². The number of rotatable bonds is 2. The summed E-state index contributed by atoms with van der Waals surface area (Å²) in [4.78, 5) is 24.2. The van der Waals surface area contributed by atoms with E-state index in [1.807, 2.05) is 0 Å². The molecule has 1 aliphatic rings. The van der Waals surface area contributed by atoms with Crippen LogP contribution in [0.4, 0.5) is 14.9 Å². The summed E-state index contributed by atoms with van der Waals surface area (Å²) in [7, 11) is 0. The summed E-state index contributed by atoms with van der Waals surface area (Å²) >= 11 is 3.14. The number of carbonyl (C=O) groups excluding carboxylic acids is 1. The van der Waals surface area contributed by atoms with Crippen LogP contribution in [0, 0.1) is 5.82 Å². The molecule has 1 fully saturated rings. The summed E-state index contributed by atoms with van der Waals surface area (Å²) in [5, 5.41) is 11.4. The molecule has 0 radical (unpaired) electrons. The van der Waals surface area contributed by atoms with Gasteiger partial charge in [-0.05, 0) is 40.9 Å². The number of para-hydroxylation sites is 1. The minimum absolute atomic E-state index is 0.0172. The number of benzene rings is 1. The van der Waals surface area contributed by atoms with Crippen molar-refractivity contribution in [3.05, 3.63) is 28.5 Å². The number of carboxylic acid groups (broad SMARTS) is 1. The van der Waals surface area contributed by atoms with Gasteiger partial charge in [0.1, 0.15) is 11.9 Å². The van der Waals surface area contributed by atoms with E-state index in [0.29, 0.717) is 23.9 Å². The molecule has 1 unspecified atom stereocenters. The number of carbonyl (C=O) groups is 2. The van der Waals surface area contributed by atoms with E-state index in [2.05, 4.69) is 21.2 Å². The molecule has 0 saturated carbocycles. The Morgan fingerprint density at radius 2 is 2.21 bits per heavy atom. The zero-order valence-electron chi connectivity index (χ0n) is 9.90. The fraction of sp³-hybridized carbons (Fsp3) is 0.333. The van der Waals surface area contributed by atoms with Gasteiger partial charge in [0.2, 0.25) is 0 Å². The molecule has 0 aromatic heterocycles. The minimum atomic E-state index is -1.04. The van der Waals surface area contributed by atoms with Crippen molar-refractivity contribution < 1.29 is 19.1 Å². The predicted molar refractivity (Wildman–Crippen MR) is 70.5 cm³/mol. The molecule has 1 atom stereocenters. The Kier molecular flexibility index (Phi) is 4.04. The summed E-state index contributed by atoms with van der Waals surface area (Å²) in [6.45, 7) is 0.356. The van der Waals surface area contributed by atoms with E-state index in [4.69, 9.17) is 5.11 Å². The quantitative estimate of drug-likeness (QED) is 0.875. The number of halogens is 2. The highest BCUT2D eigenvalue weighted by Crippen LogP contribution is 2.26. The Morgan fingerprint density at radius 3 is 2.84 bits per heavy atom. The van der Waals surface area contributed by atoms with Gasteiger partial charge in [0.15, 0.2) is 0 Å². The fourth-order valence-electron chi connectivity index (χ4n) is 2.06. The minimum Gasteiger partial charge on any atom is -0.480 e. The second-order valence-corrected chi connectivity index (χ2v) is 5.07. The van der Waals surface area contributed by atoms with Gasteiger partial charge < -0.3 is 15.3 Å². The van der Waals surface area contributed by atoms with Crippen molar-refractivity contribution in [2.24, 2.45) is 0 Å². The number of urea groups is 1. The van der Waals surface area contributed by atoms with Crippen LogP contribution in [0.5, 0.6) is 0 Å². The van der Waals surface area contributed by atoms with Crippen LogP contribution in [0.15, 0.2) is 22.7 Å². The molecule has 19 heavy (non-hydrogen) atoms. The highest BCUT2D eigenvalue weighted by Gasteiger charge is 2.34. The zero-order chi connectivity index (χ0) is 14.0. The van der Waals surface area contributed by atoms with Crippen molar-refractivity contribution in [1.29, 1.82) is 0 Å². The Bertz CT molecular complexity index is 503. The number of nitrogens with zero attached hydrogens (tertiary/aromatic N) is 1. The first-order valence-corrected chi connectivity index (χ1v) is 6.54. The standard InChI is InChI=1S/C12H12BrFN2O3/c13-7-3-1-4-8(14)10(7)15-12(19)16-6-2-5-9(16)11(17)18/h1,3-4,9H,2,5-6H2,(H,15,19)(H,17,18). The molecule has 5 nitrogen and oxygen atoms in total. The molecular formula is C12H12BrFN2O3. The fourth-order valence-corrected chi connectivity index (χ4v) is 2.50. The van der Waals surface area contributed by atoms with Crippen LogP contribution in [0.1, 0.15) is 12.8 Å². The maximum Gasteiger partial charge on any atom is 0.326 e. The lowest BCUT2D eigenvalue weighted by Crippen LogP contribution is -2.42. The van der Waals surface area contributed by atoms with E-state index in [9.17, 15) is 14.0 Å². The van der Waals surface area contributed by atoms with Crippen molar-refractivity contribution >= 4 is 33.6 Å². The second kappa shape index (κ2) is 5.56. The van der Waals surface area contributed by atoms with Gasteiger partial charge in [0.05, 0.1) is 5.69 Å². The maximum absolute atomic E-state index is 13.6. The van der Waals surface area contributed by atoms with E-state index in [0.717, 1.165) is 0 Å². The Morgan fingerprint density at radius 1 is 1.47 bits per heavy atom. The highest BCUT2D eigenvalue weighted by atomic mass is 79.9. The molecule has 1 aromatic rings. The molecule has 2 amide bonds. The molecular weight excluding hydrogens is 319 g/mol. The van der Waals surface area contributed by atoms with Gasteiger partial charge in [0.25, 0.3) is 0 Å². The summed E-state index contributed by atoms with van der Waals surface area (Å²) in [6, 6.07) is 2.88. The van der Waals surface area contributed by atoms with Gasteiger partial charge in [-0.1, -0.05) is 6.07 Å². The average molecular weight is 331 g/mol. The third-order valence-electron chi connectivity index (χ3n) is 2.99. The molecule has 0 aliphatic carbocycles. The Balaban J connectivity index is 2.15. The van der Waals surface area contributed by atoms with E-state index in [1.54, 1.807) is 6.07 Å². The van der Waals surface area contributed by atoms with Gasteiger partial charge >= 0.3 is 12.0 Å². The van der Waals surface area contributed by atoms with Crippen LogP contribution in [-0.2, 0) is 4.79 Å². The van der Waals surface area contributed by atoms with Crippen LogP contribution < -0.4 is 5.32 Å². The number of carboxylic acids is 1. The first-order chi connectivity index (χ1) is 9.00. The number of aliphatic carboxylic acids is 1. The zero-order valence-corrected chi connectivity index (χ0v) is 11.5. The number of amides is 2. The third-order valence-corrected chi connectivity index (χ3v) is 3.65. The van der Waals surface area contributed by atoms with Gasteiger partial charge in [-0.15, -0.1) is 0 Å². The van der Waals surface area contributed by atoms with Gasteiger partial charge in [-0.2, -0.15) is 0 Å². The van der Waals surface area contributed by atoms with Crippen LogP contribution >= 0.6 is 15.9 Å². The molecule has 1 aromatic carbocycles. The lowest BCUT2D eigenvalue weighted by Gasteiger charge is -2.22. The molecule has 1 saturated heterocycles. The topological polar surface area (TPSA) is 69.6 Å². The largest absolute Gasteiger partial charge is 0.480 e. The summed E-state index contributed by atoms with van der Waals surface area (Å²) in [5.74, 6) is -1.62. The molecule has 1 heterocycles. The summed E-state index contributed by atoms with van der Waals surface area (Å²) in [6.07, 6.45) is 1.05. The third kappa shape index (κ3) is 2.86. The predicted octanol–water partition coefficient (Wildman–Crippen LogP) is 2.67. The van der Waals surface area contributed by atoms with Crippen molar-refractivity contribution in [2.75, 3.05) is 11.9 Å². The van der Waals surface area contributed by atoms with E-state index < -0.39 is 23.9 Å². The number of hydrogen-bond donors (Lipinski definition) is 2.